The summed E-state index contributed by atoms with van der Waals surface area (Å²) >= 11 is 0. The standard InChI is InChI=1S/C17H26N4O3/c1-9-2-3-10(6-15(9)23)20-14-7-16(19-8-13(14)17(18)24)21-11-4-12(22)5-11/h7-12,15,22-23H,2-6H2,1H3,(H2,18,24)(H2,19,20,21)/t9-,10-,11?,12?,15-/m1/s1. The zero-order valence-electron chi connectivity index (χ0n) is 13.9. The third kappa shape index (κ3) is 3.79. The first-order valence-electron chi connectivity index (χ1n) is 8.61. The van der Waals surface area contributed by atoms with Crippen molar-refractivity contribution in [2.75, 3.05) is 10.6 Å². The molecule has 0 aliphatic heterocycles. The maximum atomic E-state index is 11.7. The van der Waals surface area contributed by atoms with Crippen molar-refractivity contribution in [1.29, 1.82) is 0 Å². The molecule has 24 heavy (non-hydrogen) atoms. The Kier molecular flexibility index (Phi) is 4.91. The third-order valence-corrected chi connectivity index (χ3v) is 5.15. The van der Waals surface area contributed by atoms with Gasteiger partial charge in [-0.2, -0.15) is 0 Å². The van der Waals surface area contributed by atoms with Gasteiger partial charge in [-0.3, -0.25) is 4.79 Å². The molecule has 3 rings (SSSR count). The van der Waals surface area contributed by atoms with Crippen LogP contribution in [0.25, 0.3) is 0 Å². The van der Waals surface area contributed by atoms with Crippen LogP contribution in [0, 0.1) is 5.92 Å². The number of aliphatic hydroxyl groups excluding tert-OH is 2. The molecule has 0 bridgehead atoms. The van der Waals surface area contributed by atoms with Crippen LogP contribution < -0.4 is 16.4 Å². The van der Waals surface area contributed by atoms with Crippen LogP contribution in [0.3, 0.4) is 0 Å². The number of aromatic nitrogens is 1. The van der Waals surface area contributed by atoms with Crippen molar-refractivity contribution < 1.29 is 15.0 Å². The molecule has 2 saturated carbocycles. The van der Waals surface area contributed by atoms with E-state index in [4.69, 9.17) is 5.73 Å². The number of nitrogens with two attached hydrogens (primary N) is 1. The summed E-state index contributed by atoms with van der Waals surface area (Å²) in [7, 11) is 0. The number of aliphatic hydroxyl groups is 2. The van der Waals surface area contributed by atoms with E-state index in [-0.39, 0.29) is 24.3 Å². The fourth-order valence-corrected chi connectivity index (χ4v) is 3.41. The number of carbonyl (C=O) groups excluding carboxylic acids is 1. The van der Waals surface area contributed by atoms with Crippen LogP contribution >= 0.6 is 0 Å². The van der Waals surface area contributed by atoms with Gasteiger partial charge in [-0.15, -0.1) is 0 Å². The summed E-state index contributed by atoms with van der Waals surface area (Å²) in [6, 6.07) is 2.10. The van der Waals surface area contributed by atoms with E-state index in [1.165, 1.54) is 6.20 Å². The lowest BCUT2D eigenvalue weighted by Crippen LogP contribution is -2.39. The van der Waals surface area contributed by atoms with E-state index in [0.717, 1.165) is 12.8 Å². The minimum Gasteiger partial charge on any atom is -0.393 e. The van der Waals surface area contributed by atoms with Gasteiger partial charge in [0.15, 0.2) is 0 Å². The average Bonchev–Trinajstić information content (AvgIpc) is 2.49. The maximum absolute atomic E-state index is 11.7. The van der Waals surface area contributed by atoms with Gasteiger partial charge in [0, 0.05) is 24.3 Å². The third-order valence-electron chi connectivity index (χ3n) is 5.15. The summed E-state index contributed by atoms with van der Waals surface area (Å²) in [4.78, 5) is 15.9. The van der Waals surface area contributed by atoms with Crippen LogP contribution in [0.2, 0.25) is 0 Å². The second-order valence-corrected chi connectivity index (χ2v) is 7.14. The molecule has 7 heteroatoms. The van der Waals surface area contributed by atoms with Crippen LogP contribution in [-0.4, -0.2) is 45.4 Å². The Labute approximate surface area is 141 Å². The van der Waals surface area contributed by atoms with Gasteiger partial charge >= 0.3 is 0 Å². The number of carbonyl (C=O) groups is 1. The van der Waals surface area contributed by atoms with E-state index < -0.39 is 5.91 Å². The van der Waals surface area contributed by atoms with E-state index in [1.54, 1.807) is 6.07 Å². The largest absolute Gasteiger partial charge is 0.393 e. The van der Waals surface area contributed by atoms with E-state index in [9.17, 15) is 15.0 Å². The topological polar surface area (TPSA) is 121 Å². The van der Waals surface area contributed by atoms with Crippen LogP contribution in [0.15, 0.2) is 12.3 Å². The molecule has 1 heterocycles. The van der Waals surface area contributed by atoms with E-state index in [2.05, 4.69) is 22.5 Å². The van der Waals surface area contributed by atoms with Crippen LogP contribution in [0.1, 0.15) is 49.4 Å². The molecule has 2 aliphatic carbocycles. The Morgan fingerprint density at radius 1 is 1.21 bits per heavy atom. The van der Waals surface area contributed by atoms with Crippen molar-refractivity contribution in [3.05, 3.63) is 17.8 Å². The number of pyridine rings is 1. The first-order valence-corrected chi connectivity index (χ1v) is 8.61. The quantitative estimate of drug-likeness (QED) is 0.549. The van der Waals surface area contributed by atoms with Gasteiger partial charge in [-0.25, -0.2) is 4.98 Å². The summed E-state index contributed by atoms with van der Waals surface area (Å²) in [6.45, 7) is 2.05. The summed E-state index contributed by atoms with van der Waals surface area (Å²) in [6.07, 6.45) is 4.85. The Hall–Kier alpha value is -1.86. The minimum absolute atomic E-state index is 0.107. The molecule has 7 nitrogen and oxygen atoms in total. The highest BCUT2D eigenvalue weighted by Crippen LogP contribution is 2.29. The van der Waals surface area contributed by atoms with Crippen molar-refractivity contribution in [2.45, 2.75) is 63.3 Å². The molecule has 3 atom stereocenters. The number of hydrogen-bond donors (Lipinski definition) is 5. The smallest absolute Gasteiger partial charge is 0.252 e. The van der Waals surface area contributed by atoms with Crippen LogP contribution in [-0.2, 0) is 0 Å². The molecule has 1 amide bonds. The molecule has 0 saturated heterocycles. The van der Waals surface area contributed by atoms with Crippen molar-refractivity contribution >= 4 is 17.4 Å². The molecular weight excluding hydrogens is 308 g/mol. The van der Waals surface area contributed by atoms with E-state index in [0.29, 0.717) is 42.2 Å². The maximum Gasteiger partial charge on any atom is 0.252 e. The Bertz CT molecular complexity index is 603. The zero-order valence-corrected chi connectivity index (χ0v) is 13.9. The highest BCUT2D eigenvalue weighted by atomic mass is 16.3. The summed E-state index contributed by atoms with van der Waals surface area (Å²) in [5.74, 6) is 0.433. The average molecular weight is 334 g/mol. The molecule has 1 aromatic rings. The highest BCUT2D eigenvalue weighted by Gasteiger charge is 2.29. The molecular formula is C17H26N4O3. The monoisotopic (exact) mass is 334 g/mol. The minimum atomic E-state index is -0.527. The first kappa shape index (κ1) is 17.0. The lowest BCUT2D eigenvalue weighted by atomic mass is 9.84. The number of anilines is 2. The molecule has 0 radical (unpaired) electrons. The molecule has 0 unspecified atom stereocenters. The molecule has 0 spiro atoms. The Balaban J connectivity index is 1.72. The molecule has 6 N–H and O–H groups in total. The van der Waals surface area contributed by atoms with Crippen molar-refractivity contribution in [2.24, 2.45) is 11.7 Å². The number of nitrogens with zero attached hydrogens (tertiary/aromatic N) is 1. The lowest BCUT2D eigenvalue weighted by Gasteiger charge is -2.33. The van der Waals surface area contributed by atoms with Crippen LogP contribution in [0.5, 0.6) is 0 Å². The highest BCUT2D eigenvalue weighted by molar-refractivity contribution is 5.98. The van der Waals surface area contributed by atoms with Gasteiger partial charge in [-0.1, -0.05) is 6.92 Å². The molecule has 2 fully saturated rings. The van der Waals surface area contributed by atoms with E-state index >= 15 is 0 Å². The second-order valence-electron chi connectivity index (χ2n) is 7.14. The SMILES string of the molecule is C[C@@H]1CC[C@@H](Nc2cc(NC3CC(O)C3)ncc2C(N)=O)C[C@H]1O. The Morgan fingerprint density at radius 2 is 1.96 bits per heavy atom. The predicted octanol–water partition coefficient (Wildman–Crippen LogP) is 1.08. The van der Waals surface area contributed by atoms with Crippen LogP contribution in [0.4, 0.5) is 11.5 Å². The van der Waals surface area contributed by atoms with Crippen molar-refractivity contribution in [1.82, 2.24) is 4.98 Å². The first-order chi connectivity index (χ1) is 11.4. The number of amides is 1. The van der Waals surface area contributed by atoms with Gasteiger partial charge in [0.05, 0.1) is 23.5 Å². The summed E-state index contributed by atoms with van der Waals surface area (Å²) in [5.41, 5.74) is 6.45. The molecule has 132 valence electrons. The zero-order chi connectivity index (χ0) is 17.3. The van der Waals surface area contributed by atoms with Gasteiger partial charge in [0.1, 0.15) is 5.82 Å². The molecule has 0 aromatic carbocycles. The molecule has 2 aliphatic rings. The van der Waals surface area contributed by atoms with Gasteiger partial charge in [-0.05, 0) is 38.0 Å². The predicted molar refractivity (Wildman–Crippen MR) is 91.8 cm³/mol. The fourth-order valence-electron chi connectivity index (χ4n) is 3.41. The van der Waals surface area contributed by atoms with Gasteiger partial charge in [0.2, 0.25) is 0 Å². The lowest BCUT2D eigenvalue weighted by molar-refractivity contribution is 0.0740. The van der Waals surface area contributed by atoms with Crippen molar-refractivity contribution in [3.8, 4) is 0 Å². The summed E-state index contributed by atoms with van der Waals surface area (Å²) in [5, 5.41) is 26.0. The number of primary amides is 1. The van der Waals surface area contributed by atoms with E-state index in [1.807, 2.05) is 0 Å². The normalized spacial score (nSPS) is 32.7. The number of rotatable bonds is 5. The Morgan fingerprint density at radius 3 is 2.58 bits per heavy atom. The second kappa shape index (κ2) is 6.94. The van der Waals surface area contributed by atoms with Crippen molar-refractivity contribution in [3.63, 3.8) is 0 Å². The van der Waals surface area contributed by atoms with Gasteiger partial charge in [0.25, 0.3) is 5.91 Å². The fraction of sp³-hybridized carbons (Fsp3) is 0.647. The molecule has 1 aromatic heterocycles. The van der Waals surface area contributed by atoms with Gasteiger partial charge < -0.3 is 26.6 Å². The number of nitrogens with one attached hydrogen (secondary N) is 2. The number of hydrogen-bond acceptors (Lipinski definition) is 6. The summed E-state index contributed by atoms with van der Waals surface area (Å²) < 4.78 is 0.